The Morgan fingerprint density at radius 1 is 1.52 bits per heavy atom. The quantitative estimate of drug-likeness (QED) is 0.856. The summed E-state index contributed by atoms with van der Waals surface area (Å²) in [5, 5.41) is 1.54. The van der Waals surface area contributed by atoms with Crippen LogP contribution in [-0.2, 0) is 11.2 Å². The van der Waals surface area contributed by atoms with Crippen LogP contribution < -0.4 is 0 Å². The zero-order valence-corrected chi connectivity index (χ0v) is 14.3. The van der Waals surface area contributed by atoms with E-state index in [0.29, 0.717) is 11.3 Å². The summed E-state index contributed by atoms with van der Waals surface area (Å²) in [6, 6.07) is 0.334. The lowest BCUT2D eigenvalue weighted by Crippen LogP contribution is -2.54. The Morgan fingerprint density at radius 2 is 2.38 bits per heavy atom. The van der Waals surface area contributed by atoms with E-state index in [0.717, 1.165) is 60.4 Å². The second-order valence-corrected chi connectivity index (χ2v) is 8.04. The van der Waals surface area contributed by atoms with Gasteiger partial charge < -0.3 is 9.64 Å². The number of carbonyl (C=O) groups excluding carboxylic acids is 1. The number of hydrogen-bond acceptors (Lipinski definition) is 5. The van der Waals surface area contributed by atoms with Crippen LogP contribution in [0.25, 0.3) is 0 Å². The topological polar surface area (TPSA) is 42.4 Å². The van der Waals surface area contributed by atoms with E-state index in [-0.39, 0.29) is 5.91 Å². The molecule has 0 aromatic carbocycles. The second-order valence-electron chi connectivity index (χ2n) is 5.61. The number of nitrogens with zero attached hydrogens (tertiary/aromatic N) is 2. The molecule has 1 aromatic heterocycles. The fourth-order valence-electron chi connectivity index (χ4n) is 3.04. The largest absolute Gasteiger partial charge is 0.380 e. The molecule has 0 aliphatic carbocycles. The fourth-order valence-corrected chi connectivity index (χ4v) is 5.46. The highest BCUT2D eigenvalue weighted by molar-refractivity contribution is 8.00. The van der Waals surface area contributed by atoms with Crippen LogP contribution in [0.1, 0.15) is 40.1 Å². The van der Waals surface area contributed by atoms with Gasteiger partial charge in [-0.05, 0) is 26.2 Å². The molecular weight excluding hydrogens is 304 g/mol. The number of carbonyl (C=O) groups is 1. The standard InChI is InChI=1S/C15H22N2O2S2/c1-3-4-13-16-10(2)14(21-13)15(18)17-6-8-20-12-9-19-7-5-11(12)17/h11-12H,3-9H2,1-2H3. The average Bonchev–Trinajstić information content (AvgIpc) is 2.87. The first-order valence-corrected chi connectivity index (χ1v) is 9.54. The zero-order valence-electron chi connectivity index (χ0n) is 12.6. The van der Waals surface area contributed by atoms with E-state index in [4.69, 9.17) is 4.74 Å². The van der Waals surface area contributed by atoms with Crippen LogP contribution in [0.15, 0.2) is 0 Å². The average molecular weight is 326 g/mol. The summed E-state index contributed by atoms with van der Waals surface area (Å²) in [6.07, 6.45) is 3.00. The summed E-state index contributed by atoms with van der Waals surface area (Å²) in [5.74, 6) is 1.19. The number of aryl methyl sites for hydroxylation is 2. The number of amides is 1. The fraction of sp³-hybridized carbons (Fsp3) is 0.733. The molecule has 0 saturated carbocycles. The van der Waals surface area contributed by atoms with Gasteiger partial charge in [-0.15, -0.1) is 11.3 Å². The summed E-state index contributed by atoms with van der Waals surface area (Å²) < 4.78 is 5.56. The molecule has 4 nitrogen and oxygen atoms in total. The van der Waals surface area contributed by atoms with Crippen LogP contribution in [0.2, 0.25) is 0 Å². The Hall–Kier alpha value is -0.590. The summed E-state index contributed by atoms with van der Waals surface area (Å²) in [7, 11) is 0. The minimum absolute atomic E-state index is 0.185. The first-order chi connectivity index (χ1) is 10.2. The summed E-state index contributed by atoms with van der Waals surface area (Å²) in [4.78, 5) is 20.4. The molecule has 3 heterocycles. The number of rotatable bonds is 3. The third-order valence-electron chi connectivity index (χ3n) is 4.09. The van der Waals surface area contributed by atoms with Gasteiger partial charge in [-0.1, -0.05) is 6.92 Å². The number of aromatic nitrogens is 1. The molecule has 2 fully saturated rings. The number of thioether (sulfide) groups is 1. The summed E-state index contributed by atoms with van der Waals surface area (Å²) >= 11 is 3.53. The van der Waals surface area contributed by atoms with Crippen LogP contribution in [0, 0.1) is 6.92 Å². The molecule has 6 heteroatoms. The molecule has 2 aliphatic heterocycles. The number of ether oxygens (including phenoxy) is 1. The maximum absolute atomic E-state index is 12.9. The maximum Gasteiger partial charge on any atom is 0.266 e. The van der Waals surface area contributed by atoms with Gasteiger partial charge in [0.2, 0.25) is 0 Å². The van der Waals surface area contributed by atoms with Crippen molar-refractivity contribution in [1.82, 2.24) is 9.88 Å². The Labute approximate surface area is 134 Å². The molecule has 0 radical (unpaired) electrons. The molecular formula is C15H22N2O2S2. The first kappa shape index (κ1) is 15.3. The molecule has 3 rings (SSSR count). The van der Waals surface area contributed by atoms with Crippen LogP contribution in [-0.4, -0.2) is 52.6 Å². The predicted octanol–water partition coefficient (Wildman–Crippen LogP) is 2.75. The number of hydrogen-bond donors (Lipinski definition) is 0. The Kier molecular flexibility index (Phi) is 4.86. The molecule has 116 valence electrons. The van der Waals surface area contributed by atoms with Gasteiger partial charge in [-0.2, -0.15) is 11.8 Å². The predicted molar refractivity (Wildman–Crippen MR) is 87.4 cm³/mol. The minimum Gasteiger partial charge on any atom is -0.380 e. The Bertz CT molecular complexity index is 516. The highest BCUT2D eigenvalue weighted by Gasteiger charge is 2.38. The van der Waals surface area contributed by atoms with E-state index in [1.54, 1.807) is 11.3 Å². The lowest BCUT2D eigenvalue weighted by molar-refractivity contribution is 0.0321. The lowest BCUT2D eigenvalue weighted by Gasteiger charge is -2.43. The van der Waals surface area contributed by atoms with Crippen molar-refractivity contribution in [2.45, 2.75) is 44.4 Å². The molecule has 0 spiro atoms. The lowest BCUT2D eigenvalue weighted by atomic mass is 10.1. The van der Waals surface area contributed by atoms with Crippen molar-refractivity contribution in [1.29, 1.82) is 0 Å². The number of thiazole rings is 1. The van der Waals surface area contributed by atoms with E-state index in [9.17, 15) is 4.79 Å². The van der Waals surface area contributed by atoms with Crippen molar-refractivity contribution in [3.8, 4) is 0 Å². The van der Waals surface area contributed by atoms with Crippen molar-refractivity contribution in [2.75, 3.05) is 25.5 Å². The summed E-state index contributed by atoms with van der Waals surface area (Å²) in [6.45, 7) is 6.51. The van der Waals surface area contributed by atoms with E-state index in [1.165, 1.54) is 0 Å². The van der Waals surface area contributed by atoms with Gasteiger partial charge in [0.25, 0.3) is 5.91 Å². The molecule has 1 amide bonds. The molecule has 2 aliphatic rings. The van der Waals surface area contributed by atoms with E-state index >= 15 is 0 Å². The van der Waals surface area contributed by atoms with E-state index < -0.39 is 0 Å². The molecule has 2 atom stereocenters. The maximum atomic E-state index is 12.9. The highest BCUT2D eigenvalue weighted by atomic mass is 32.2. The van der Waals surface area contributed by atoms with Crippen LogP contribution in [0.5, 0.6) is 0 Å². The van der Waals surface area contributed by atoms with Gasteiger partial charge in [0.1, 0.15) is 4.88 Å². The van der Waals surface area contributed by atoms with Gasteiger partial charge in [-0.25, -0.2) is 4.98 Å². The van der Waals surface area contributed by atoms with Crippen LogP contribution in [0.4, 0.5) is 0 Å². The monoisotopic (exact) mass is 326 g/mol. The Balaban J connectivity index is 1.80. The zero-order chi connectivity index (χ0) is 14.8. The SMILES string of the molecule is CCCc1nc(C)c(C(=O)N2CCSC3COCCC32)s1. The van der Waals surface area contributed by atoms with Crippen molar-refractivity contribution in [3.63, 3.8) is 0 Å². The molecule has 2 saturated heterocycles. The van der Waals surface area contributed by atoms with Gasteiger partial charge in [0.05, 0.1) is 17.3 Å². The van der Waals surface area contributed by atoms with Gasteiger partial charge >= 0.3 is 0 Å². The third kappa shape index (κ3) is 3.12. The van der Waals surface area contributed by atoms with Crippen LogP contribution >= 0.6 is 23.1 Å². The first-order valence-electron chi connectivity index (χ1n) is 7.67. The smallest absolute Gasteiger partial charge is 0.266 e. The summed E-state index contributed by atoms with van der Waals surface area (Å²) in [5.41, 5.74) is 0.898. The molecule has 2 unspecified atom stereocenters. The van der Waals surface area contributed by atoms with Crippen molar-refractivity contribution >= 4 is 29.0 Å². The van der Waals surface area contributed by atoms with Gasteiger partial charge in [0.15, 0.2) is 0 Å². The normalized spacial score (nSPS) is 25.7. The van der Waals surface area contributed by atoms with Crippen molar-refractivity contribution in [3.05, 3.63) is 15.6 Å². The Morgan fingerprint density at radius 3 is 3.19 bits per heavy atom. The molecule has 21 heavy (non-hydrogen) atoms. The van der Waals surface area contributed by atoms with Crippen molar-refractivity contribution < 1.29 is 9.53 Å². The highest BCUT2D eigenvalue weighted by Crippen LogP contribution is 2.32. The van der Waals surface area contributed by atoms with E-state index in [2.05, 4.69) is 16.8 Å². The number of fused-ring (bicyclic) bond motifs is 1. The minimum atomic E-state index is 0.185. The molecule has 0 bridgehead atoms. The van der Waals surface area contributed by atoms with E-state index in [1.807, 2.05) is 18.7 Å². The molecule has 1 aromatic rings. The van der Waals surface area contributed by atoms with Crippen molar-refractivity contribution in [2.24, 2.45) is 0 Å². The third-order valence-corrected chi connectivity index (χ3v) is 6.60. The molecule has 0 N–H and O–H groups in total. The van der Waals surface area contributed by atoms with Crippen LogP contribution in [0.3, 0.4) is 0 Å². The van der Waals surface area contributed by atoms with Gasteiger partial charge in [0, 0.05) is 30.2 Å². The second kappa shape index (κ2) is 6.67. The van der Waals surface area contributed by atoms with Gasteiger partial charge in [-0.3, -0.25) is 4.79 Å².